The first kappa shape index (κ1) is 17.4. The summed E-state index contributed by atoms with van der Waals surface area (Å²) in [6.45, 7) is 6.69. The van der Waals surface area contributed by atoms with Crippen molar-refractivity contribution >= 4 is 11.8 Å². The topological polar surface area (TPSA) is 97.6 Å². The highest BCUT2D eigenvalue weighted by Crippen LogP contribution is 2.19. The van der Waals surface area contributed by atoms with Crippen LogP contribution in [0.3, 0.4) is 0 Å². The molecule has 1 aliphatic heterocycles. The summed E-state index contributed by atoms with van der Waals surface area (Å²) in [7, 11) is 1.56. The van der Waals surface area contributed by atoms with Crippen molar-refractivity contribution in [2.45, 2.75) is 45.1 Å². The number of aryl methyl sites for hydroxylation is 1. The number of hydrogen-bond donors (Lipinski definition) is 1. The summed E-state index contributed by atoms with van der Waals surface area (Å²) in [4.78, 5) is 25.9. The van der Waals surface area contributed by atoms with Gasteiger partial charge in [-0.15, -0.1) is 10.2 Å². The lowest BCUT2D eigenvalue weighted by atomic mass is 10.0. The Labute approximate surface area is 135 Å². The summed E-state index contributed by atoms with van der Waals surface area (Å²) < 4.78 is 11.0. The normalized spacial score (nSPS) is 21.5. The quantitative estimate of drug-likeness (QED) is 0.846. The molecule has 2 heterocycles. The number of aromatic nitrogens is 2. The van der Waals surface area contributed by atoms with E-state index in [4.69, 9.17) is 9.15 Å². The van der Waals surface area contributed by atoms with E-state index in [0.717, 1.165) is 0 Å². The van der Waals surface area contributed by atoms with Crippen molar-refractivity contribution in [2.24, 2.45) is 0 Å². The summed E-state index contributed by atoms with van der Waals surface area (Å²) in [5.74, 6) is 0.927. The fraction of sp³-hybridized carbons (Fsp3) is 0.733. The van der Waals surface area contributed by atoms with Gasteiger partial charge in [0.05, 0.1) is 13.2 Å². The van der Waals surface area contributed by atoms with Gasteiger partial charge in [-0.1, -0.05) is 13.8 Å². The summed E-state index contributed by atoms with van der Waals surface area (Å²) in [5.41, 5.74) is -1.00. The van der Waals surface area contributed by atoms with Crippen molar-refractivity contribution in [3.63, 3.8) is 0 Å². The number of morpholine rings is 1. The number of rotatable bonds is 5. The van der Waals surface area contributed by atoms with E-state index in [2.05, 4.69) is 15.5 Å². The van der Waals surface area contributed by atoms with Crippen LogP contribution in [0.15, 0.2) is 4.42 Å². The highest BCUT2D eigenvalue weighted by Gasteiger charge is 2.40. The van der Waals surface area contributed by atoms with Gasteiger partial charge < -0.3 is 19.4 Å². The fourth-order valence-electron chi connectivity index (χ4n) is 2.46. The molecule has 1 aromatic heterocycles. The van der Waals surface area contributed by atoms with Crippen molar-refractivity contribution < 1.29 is 18.7 Å². The molecule has 2 rings (SSSR count). The number of ether oxygens (including phenoxy) is 1. The predicted molar refractivity (Wildman–Crippen MR) is 81.7 cm³/mol. The predicted octanol–water partition coefficient (Wildman–Crippen LogP) is 0.489. The zero-order chi connectivity index (χ0) is 17.0. The number of amides is 2. The smallest absolute Gasteiger partial charge is 0.253 e. The van der Waals surface area contributed by atoms with Gasteiger partial charge in [-0.05, 0) is 6.92 Å². The maximum atomic E-state index is 12.4. The average molecular weight is 324 g/mol. The Morgan fingerprint density at radius 1 is 1.39 bits per heavy atom. The van der Waals surface area contributed by atoms with Gasteiger partial charge in [0.1, 0.15) is 0 Å². The van der Waals surface area contributed by atoms with Gasteiger partial charge in [-0.25, -0.2) is 0 Å². The highest BCUT2D eigenvalue weighted by molar-refractivity contribution is 5.86. The third-order valence-electron chi connectivity index (χ3n) is 3.86. The minimum Gasteiger partial charge on any atom is -0.425 e. The molecule has 1 aromatic rings. The molecule has 1 N–H and O–H groups in total. The Morgan fingerprint density at radius 2 is 2.13 bits per heavy atom. The van der Waals surface area contributed by atoms with Gasteiger partial charge in [0, 0.05) is 32.4 Å². The Hall–Kier alpha value is -1.96. The van der Waals surface area contributed by atoms with E-state index < -0.39 is 5.60 Å². The molecule has 8 heteroatoms. The molecule has 1 aliphatic rings. The molecule has 0 aliphatic carbocycles. The fourth-order valence-corrected chi connectivity index (χ4v) is 2.46. The van der Waals surface area contributed by atoms with E-state index in [1.807, 2.05) is 13.8 Å². The molecule has 128 valence electrons. The van der Waals surface area contributed by atoms with Gasteiger partial charge in [-0.3, -0.25) is 9.59 Å². The van der Waals surface area contributed by atoms with Crippen LogP contribution in [0.5, 0.6) is 0 Å². The molecule has 0 saturated carbocycles. The molecular weight excluding hydrogens is 300 g/mol. The lowest BCUT2D eigenvalue weighted by Crippen LogP contribution is -2.58. The molecular formula is C15H24N4O4. The SMILES string of the molecule is CNC(=O)[C@@]1(C)CN(C(=O)CCc2nnc(C(C)C)o2)CCO1. The zero-order valence-corrected chi connectivity index (χ0v) is 14.1. The Balaban J connectivity index is 1.91. The first-order valence-electron chi connectivity index (χ1n) is 7.82. The van der Waals surface area contributed by atoms with E-state index in [9.17, 15) is 9.59 Å². The number of carbonyl (C=O) groups is 2. The number of carbonyl (C=O) groups excluding carboxylic acids is 2. The van der Waals surface area contributed by atoms with Crippen LogP contribution < -0.4 is 5.32 Å². The minimum absolute atomic E-state index is 0.0484. The van der Waals surface area contributed by atoms with Crippen LogP contribution in [-0.2, 0) is 20.7 Å². The number of nitrogens with one attached hydrogen (secondary N) is 1. The van der Waals surface area contributed by atoms with Crippen LogP contribution in [0, 0.1) is 0 Å². The van der Waals surface area contributed by atoms with Crippen LogP contribution in [0.1, 0.15) is 44.9 Å². The van der Waals surface area contributed by atoms with Crippen molar-refractivity contribution in [3.05, 3.63) is 11.8 Å². The van der Waals surface area contributed by atoms with Crippen LogP contribution in [0.25, 0.3) is 0 Å². The van der Waals surface area contributed by atoms with Crippen molar-refractivity contribution in [2.75, 3.05) is 26.7 Å². The number of hydrogen-bond acceptors (Lipinski definition) is 6. The summed E-state index contributed by atoms with van der Waals surface area (Å²) in [6.07, 6.45) is 0.663. The van der Waals surface area contributed by atoms with E-state index in [1.54, 1.807) is 18.9 Å². The molecule has 0 radical (unpaired) electrons. The highest BCUT2D eigenvalue weighted by atomic mass is 16.5. The molecule has 0 aromatic carbocycles. The summed E-state index contributed by atoms with van der Waals surface area (Å²) in [6, 6.07) is 0. The van der Waals surface area contributed by atoms with Crippen LogP contribution in [0.4, 0.5) is 0 Å². The maximum Gasteiger partial charge on any atom is 0.253 e. The average Bonchev–Trinajstić information content (AvgIpc) is 3.01. The van der Waals surface area contributed by atoms with Crippen molar-refractivity contribution in [1.82, 2.24) is 20.4 Å². The molecule has 0 unspecified atom stereocenters. The third kappa shape index (κ3) is 4.07. The molecule has 0 bridgehead atoms. The molecule has 23 heavy (non-hydrogen) atoms. The molecule has 1 saturated heterocycles. The van der Waals surface area contributed by atoms with Gasteiger partial charge in [0.15, 0.2) is 5.60 Å². The lowest BCUT2D eigenvalue weighted by molar-refractivity contribution is -0.162. The van der Waals surface area contributed by atoms with Crippen molar-refractivity contribution in [3.8, 4) is 0 Å². The van der Waals surface area contributed by atoms with E-state index in [-0.39, 0.29) is 30.7 Å². The zero-order valence-electron chi connectivity index (χ0n) is 14.1. The third-order valence-corrected chi connectivity index (χ3v) is 3.86. The van der Waals surface area contributed by atoms with Gasteiger partial charge in [-0.2, -0.15) is 0 Å². The maximum absolute atomic E-state index is 12.4. The first-order chi connectivity index (χ1) is 10.9. The Kier molecular flexibility index (Phi) is 5.35. The Morgan fingerprint density at radius 3 is 2.74 bits per heavy atom. The standard InChI is InChI=1S/C15H24N4O4/c1-10(2)13-18-17-11(23-13)5-6-12(20)19-7-8-22-15(3,9-19)14(21)16-4/h10H,5-9H2,1-4H3,(H,16,21)/t15-/m1/s1. The second-order valence-electron chi connectivity index (χ2n) is 6.16. The van der Waals surface area contributed by atoms with E-state index in [0.29, 0.717) is 31.4 Å². The molecule has 1 fully saturated rings. The lowest BCUT2D eigenvalue weighted by Gasteiger charge is -2.39. The number of nitrogens with zero attached hydrogens (tertiary/aromatic N) is 3. The van der Waals surface area contributed by atoms with Crippen LogP contribution in [0.2, 0.25) is 0 Å². The monoisotopic (exact) mass is 324 g/mol. The Bertz CT molecular complexity index is 572. The molecule has 1 atom stereocenters. The minimum atomic E-state index is -1.00. The molecule has 2 amide bonds. The van der Waals surface area contributed by atoms with Crippen LogP contribution in [-0.4, -0.2) is 59.3 Å². The second-order valence-corrected chi connectivity index (χ2v) is 6.16. The number of likely N-dealkylation sites (N-methyl/N-ethyl adjacent to an activating group) is 1. The summed E-state index contributed by atoms with van der Waals surface area (Å²) >= 11 is 0. The summed E-state index contributed by atoms with van der Waals surface area (Å²) in [5, 5.41) is 10.5. The molecule has 8 nitrogen and oxygen atoms in total. The first-order valence-corrected chi connectivity index (χ1v) is 7.82. The van der Waals surface area contributed by atoms with Gasteiger partial charge in [0.2, 0.25) is 17.7 Å². The van der Waals surface area contributed by atoms with Crippen LogP contribution >= 0.6 is 0 Å². The molecule has 0 spiro atoms. The second kappa shape index (κ2) is 7.08. The van der Waals surface area contributed by atoms with E-state index >= 15 is 0 Å². The largest absolute Gasteiger partial charge is 0.425 e. The van der Waals surface area contributed by atoms with Crippen molar-refractivity contribution in [1.29, 1.82) is 0 Å². The van der Waals surface area contributed by atoms with E-state index in [1.165, 1.54) is 0 Å². The van der Waals surface area contributed by atoms with Gasteiger partial charge in [0.25, 0.3) is 5.91 Å². The van der Waals surface area contributed by atoms with Gasteiger partial charge >= 0.3 is 0 Å².